The van der Waals surface area contributed by atoms with Crippen molar-refractivity contribution in [3.63, 3.8) is 0 Å². The molecule has 3 fully saturated rings. The lowest BCUT2D eigenvalue weighted by Crippen LogP contribution is -2.40. The third-order valence-electron chi connectivity index (χ3n) is 6.04. The van der Waals surface area contributed by atoms with E-state index in [1.807, 2.05) is 13.8 Å². The van der Waals surface area contributed by atoms with Gasteiger partial charge in [0.1, 0.15) is 11.5 Å². The van der Waals surface area contributed by atoms with Crippen LogP contribution in [0.1, 0.15) is 26.7 Å². The molecule has 1 aromatic rings. The Hall–Kier alpha value is -2.17. The van der Waals surface area contributed by atoms with Gasteiger partial charge in [-0.1, -0.05) is 26.0 Å². The lowest BCUT2D eigenvalue weighted by Gasteiger charge is -2.30. The van der Waals surface area contributed by atoms with Crippen molar-refractivity contribution >= 4 is 23.3 Å². The van der Waals surface area contributed by atoms with Gasteiger partial charge in [-0.2, -0.15) is 0 Å². The summed E-state index contributed by atoms with van der Waals surface area (Å²) in [5.74, 6) is -0.784. The van der Waals surface area contributed by atoms with Crippen LogP contribution in [0.3, 0.4) is 0 Å². The van der Waals surface area contributed by atoms with E-state index < -0.39 is 22.7 Å². The summed E-state index contributed by atoms with van der Waals surface area (Å²) in [5, 5.41) is 0. The number of nitrogens with zero attached hydrogens (tertiary/aromatic N) is 1. The monoisotopic (exact) mass is 313 g/mol. The molecule has 2 bridgehead atoms. The van der Waals surface area contributed by atoms with Crippen LogP contribution in [0.5, 0.6) is 5.75 Å². The third-order valence-corrected chi connectivity index (χ3v) is 6.04. The van der Waals surface area contributed by atoms with Gasteiger partial charge in [0.25, 0.3) is 0 Å². The van der Waals surface area contributed by atoms with Gasteiger partial charge in [-0.05, 0) is 24.0 Å². The van der Waals surface area contributed by atoms with Crippen LogP contribution in [0.25, 0.3) is 0 Å². The second kappa shape index (κ2) is 4.22. The average molecular weight is 313 g/mol. The number of rotatable bonds is 2. The molecule has 23 heavy (non-hydrogen) atoms. The van der Waals surface area contributed by atoms with Gasteiger partial charge in [0.15, 0.2) is 0 Å². The summed E-state index contributed by atoms with van der Waals surface area (Å²) in [6.45, 7) is 3.82. The fraction of sp³-hybridized carbons (Fsp3) is 0.500. The first-order valence-electron chi connectivity index (χ1n) is 7.88. The summed E-state index contributed by atoms with van der Waals surface area (Å²) >= 11 is 0. The second-order valence-corrected chi connectivity index (χ2v) is 7.49. The number of hydrogen-bond acceptors (Lipinski definition) is 4. The van der Waals surface area contributed by atoms with E-state index in [9.17, 15) is 14.4 Å². The van der Waals surface area contributed by atoms with E-state index in [0.29, 0.717) is 24.3 Å². The number of para-hydroxylation sites is 2. The highest BCUT2D eigenvalue weighted by atomic mass is 16.5. The minimum atomic E-state index is -0.705. The van der Waals surface area contributed by atoms with Crippen molar-refractivity contribution < 1.29 is 19.1 Å². The maximum atomic E-state index is 13.0. The molecule has 1 aliphatic heterocycles. The molecule has 1 aromatic carbocycles. The SMILES string of the molecule is COc1ccccc1N1C(=O)C2C(C1=O)[C@]1(C)C[C@@]2(C)CC1=O. The topological polar surface area (TPSA) is 63.7 Å². The number of hydrogen-bond donors (Lipinski definition) is 0. The van der Waals surface area contributed by atoms with E-state index in [1.54, 1.807) is 24.3 Å². The minimum absolute atomic E-state index is 0.115. The molecule has 2 amide bonds. The van der Waals surface area contributed by atoms with Crippen molar-refractivity contribution in [3.8, 4) is 5.75 Å². The molecule has 3 aliphatic rings. The summed E-state index contributed by atoms with van der Waals surface area (Å²) in [6.07, 6.45) is 1.02. The molecular formula is C18H19NO4. The van der Waals surface area contributed by atoms with Gasteiger partial charge in [-0.15, -0.1) is 0 Å². The van der Waals surface area contributed by atoms with Crippen LogP contribution in [0.2, 0.25) is 0 Å². The first-order chi connectivity index (χ1) is 10.8. The number of methoxy groups -OCH3 is 1. The Morgan fingerprint density at radius 2 is 1.74 bits per heavy atom. The van der Waals surface area contributed by atoms with Crippen molar-refractivity contribution in [3.05, 3.63) is 24.3 Å². The van der Waals surface area contributed by atoms with E-state index in [2.05, 4.69) is 0 Å². The maximum Gasteiger partial charge on any atom is 0.238 e. The molecule has 2 saturated carbocycles. The highest BCUT2D eigenvalue weighted by molar-refractivity contribution is 6.25. The second-order valence-electron chi connectivity index (χ2n) is 7.49. The van der Waals surface area contributed by atoms with E-state index in [0.717, 1.165) is 0 Å². The molecule has 4 rings (SSSR count). The van der Waals surface area contributed by atoms with E-state index in [1.165, 1.54) is 12.0 Å². The molecule has 5 heteroatoms. The zero-order chi connectivity index (χ0) is 16.6. The molecule has 4 atom stereocenters. The molecule has 0 aromatic heterocycles. The Balaban J connectivity index is 1.84. The number of carbonyl (C=O) groups is 3. The zero-order valence-electron chi connectivity index (χ0n) is 13.5. The fourth-order valence-corrected chi connectivity index (χ4v) is 5.14. The van der Waals surface area contributed by atoms with E-state index in [4.69, 9.17) is 4.74 Å². The van der Waals surface area contributed by atoms with Crippen LogP contribution in [0, 0.1) is 22.7 Å². The molecule has 0 spiro atoms. The Labute approximate surface area is 134 Å². The quantitative estimate of drug-likeness (QED) is 0.785. The predicted octanol–water partition coefficient (Wildman–Crippen LogP) is 2.19. The van der Waals surface area contributed by atoms with Crippen molar-refractivity contribution in [2.24, 2.45) is 22.7 Å². The van der Waals surface area contributed by atoms with Crippen molar-refractivity contribution in [1.29, 1.82) is 0 Å². The largest absolute Gasteiger partial charge is 0.495 e. The van der Waals surface area contributed by atoms with Crippen LogP contribution in [0.15, 0.2) is 24.3 Å². The molecule has 2 aliphatic carbocycles. The minimum Gasteiger partial charge on any atom is -0.495 e. The average Bonchev–Trinajstić information content (AvgIpc) is 3.01. The number of anilines is 1. The van der Waals surface area contributed by atoms with Crippen LogP contribution < -0.4 is 9.64 Å². The van der Waals surface area contributed by atoms with Gasteiger partial charge in [0.05, 0.1) is 24.6 Å². The number of benzene rings is 1. The Morgan fingerprint density at radius 1 is 1.09 bits per heavy atom. The number of ketones is 1. The lowest BCUT2D eigenvalue weighted by atomic mass is 9.68. The van der Waals surface area contributed by atoms with Crippen molar-refractivity contribution in [1.82, 2.24) is 0 Å². The maximum absolute atomic E-state index is 13.0. The first kappa shape index (κ1) is 14.4. The molecule has 2 unspecified atom stereocenters. The fourth-order valence-electron chi connectivity index (χ4n) is 5.14. The Bertz CT molecular complexity index is 757. The molecule has 120 valence electrons. The summed E-state index contributed by atoms with van der Waals surface area (Å²) in [5.41, 5.74) is -0.637. The molecule has 0 N–H and O–H groups in total. The zero-order valence-corrected chi connectivity index (χ0v) is 13.5. The molecule has 1 heterocycles. The van der Waals surface area contributed by atoms with Crippen molar-refractivity contribution in [2.75, 3.05) is 12.0 Å². The van der Waals surface area contributed by atoms with E-state index >= 15 is 0 Å². The highest BCUT2D eigenvalue weighted by Gasteiger charge is 2.74. The molecular weight excluding hydrogens is 294 g/mol. The number of Topliss-reactive ketones (excluding diaryl/α,β-unsaturated/α-hetero) is 1. The Kier molecular flexibility index (Phi) is 2.64. The summed E-state index contributed by atoms with van der Waals surface area (Å²) in [4.78, 5) is 39.7. The Morgan fingerprint density at radius 3 is 2.43 bits per heavy atom. The smallest absolute Gasteiger partial charge is 0.238 e. The number of carbonyl (C=O) groups excluding carboxylic acids is 3. The first-order valence-corrected chi connectivity index (χ1v) is 7.88. The summed E-state index contributed by atoms with van der Waals surface area (Å²) < 4.78 is 5.30. The van der Waals surface area contributed by atoms with Crippen LogP contribution in [-0.2, 0) is 14.4 Å². The van der Waals surface area contributed by atoms with Gasteiger partial charge in [0.2, 0.25) is 11.8 Å². The third kappa shape index (κ3) is 1.55. The molecule has 1 saturated heterocycles. The lowest BCUT2D eigenvalue weighted by molar-refractivity contribution is -0.138. The van der Waals surface area contributed by atoms with Crippen LogP contribution >= 0.6 is 0 Å². The van der Waals surface area contributed by atoms with E-state index in [-0.39, 0.29) is 17.6 Å². The van der Waals surface area contributed by atoms with Crippen LogP contribution in [-0.4, -0.2) is 24.7 Å². The van der Waals surface area contributed by atoms with Crippen molar-refractivity contribution in [2.45, 2.75) is 26.7 Å². The number of amides is 2. The molecule has 0 radical (unpaired) electrons. The summed E-state index contributed by atoms with van der Waals surface area (Å²) in [6, 6.07) is 7.01. The van der Waals surface area contributed by atoms with Gasteiger partial charge < -0.3 is 4.74 Å². The predicted molar refractivity (Wildman–Crippen MR) is 82.9 cm³/mol. The summed E-state index contributed by atoms with van der Waals surface area (Å²) in [7, 11) is 1.51. The van der Waals surface area contributed by atoms with Gasteiger partial charge in [-0.25, -0.2) is 4.90 Å². The standard InChI is InChI=1S/C18H19NO4/c1-17-8-12(20)18(2,9-17)14-13(17)15(21)19(16(14)22)10-6-4-5-7-11(10)23-3/h4-7,13-14H,8-9H2,1-3H3/t13?,14?,17-,18-/m1/s1. The van der Waals surface area contributed by atoms with Gasteiger partial charge in [0, 0.05) is 11.8 Å². The van der Waals surface area contributed by atoms with Gasteiger partial charge >= 0.3 is 0 Å². The number of ether oxygens (including phenoxy) is 1. The molecule has 5 nitrogen and oxygen atoms in total. The van der Waals surface area contributed by atoms with Crippen LogP contribution in [0.4, 0.5) is 5.69 Å². The van der Waals surface area contributed by atoms with Gasteiger partial charge in [-0.3, -0.25) is 14.4 Å². The normalized spacial score (nSPS) is 38.4. The number of fused-ring (bicyclic) bond motifs is 5. The highest BCUT2D eigenvalue weighted by Crippen LogP contribution is 2.68. The number of imide groups is 1.